The first-order valence-corrected chi connectivity index (χ1v) is 7.30. The van der Waals surface area contributed by atoms with Gasteiger partial charge in [0, 0.05) is 12.1 Å². The minimum absolute atomic E-state index is 0.619. The maximum atomic E-state index is 5.74. The van der Waals surface area contributed by atoms with Gasteiger partial charge in [-0.25, -0.2) is 0 Å². The van der Waals surface area contributed by atoms with Crippen LogP contribution in [0.3, 0.4) is 0 Å². The average Bonchev–Trinajstić information content (AvgIpc) is 2.47. The number of benzene rings is 1. The highest BCUT2D eigenvalue weighted by Gasteiger charge is 2.04. The normalized spacial score (nSPS) is 12.2. The monoisotopic (exact) mass is 265 g/mol. The van der Waals surface area contributed by atoms with E-state index in [4.69, 9.17) is 9.47 Å². The summed E-state index contributed by atoms with van der Waals surface area (Å²) in [4.78, 5) is 0. The molecule has 0 heterocycles. The molecule has 1 rings (SSSR count). The van der Waals surface area contributed by atoms with Crippen LogP contribution in [0.25, 0.3) is 0 Å². The molecular weight excluding hydrogens is 238 g/mol. The van der Waals surface area contributed by atoms with Crippen molar-refractivity contribution in [2.45, 2.75) is 45.6 Å². The Morgan fingerprint density at radius 3 is 2.68 bits per heavy atom. The predicted molar refractivity (Wildman–Crippen MR) is 80.1 cm³/mol. The molecule has 19 heavy (non-hydrogen) atoms. The Labute approximate surface area is 117 Å². The first kappa shape index (κ1) is 15.8. The van der Waals surface area contributed by atoms with Gasteiger partial charge in [-0.3, -0.25) is 0 Å². The highest BCUT2D eigenvalue weighted by Crippen LogP contribution is 2.19. The minimum Gasteiger partial charge on any atom is -0.497 e. The molecule has 1 atom stereocenters. The van der Waals surface area contributed by atoms with Gasteiger partial charge in [-0.05, 0) is 44.4 Å². The predicted octanol–water partition coefficient (Wildman–Crippen LogP) is 3.63. The fourth-order valence-electron chi connectivity index (χ4n) is 2.01. The quantitative estimate of drug-likeness (QED) is 0.655. The lowest BCUT2D eigenvalue weighted by Gasteiger charge is -2.16. The van der Waals surface area contributed by atoms with E-state index in [1.165, 1.54) is 19.3 Å². The molecule has 0 fully saturated rings. The third-order valence-corrected chi connectivity index (χ3v) is 3.18. The SMILES string of the molecule is CCCNC(CC)CCCOc1cccc(OC)c1. The van der Waals surface area contributed by atoms with E-state index in [0.717, 1.165) is 31.1 Å². The maximum Gasteiger partial charge on any atom is 0.122 e. The molecule has 0 bridgehead atoms. The van der Waals surface area contributed by atoms with Gasteiger partial charge in [0.25, 0.3) is 0 Å². The van der Waals surface area contributed by atoms with Gasteiger partial charge < -0.3 is 14.8 Å². The number of rotatable bonds is 10. The fourth-order valence-corrected chi connectivity index (χ4v) is 2.01. The lowest BCUT2D eigenvalue weighted by molar-refractivity contribution is 0.292. The molecule has 3 nitrogen and oxygen atoms in total. The second-order valence-electron chi connectivity index (χ2n) is 4.73. The molecule has 1 aromatic rings. The fraction of sp³-hybridized carbons (Fsp3) is 0.625. The van der Waals surface area contributed by atoms with Crippen molar-refractivity contribution < 1.29 is 9.47 Å². The number of methoxy groups -OCH3 is 1. The van der Waals surface area contributed by atoms with Crippen molar-refractivity contribution in [1.29, 1.82) is 0 Å². The summed E-state index contributed by atoms with van der Waals surface area (Å²) >= 11 is 0. The van der Waals surface area contributed by atoms with Crippen LogP contribution in [0.15, 0.2) is 24.3 Å². The molecule has 1 unspecified atom stereocenters. The van der Waals surface area contributed by atoms with Gasteiger partial charge in [-0.15, -0.1) is 0 Å². The van der Waals surface area contributed by atoms with Crippen molar-refractivity contribution in [3.63, 3.8) is 0 Å². The molecule has 0 radical (unpaired) electrons. The van der Waals surface area contributed by atoms with Crippen molar-refractivity contribution in [3.05, 3.63) is 24.3 Å². The summed E-state index contributed by atoms with van der Waals surface area (Å²) in [7, 11) is 1.67. The smallest absolute Gasteiger partial charge is 0.122 e. The molecule has 0 saturated heterocycles. The summed E-state index contributed by atoms with van der Waals surface area (Å²) in [6, 6.07) is 8.39. The largest absolute Gasteiger partial charge is 0.497 e. The third kappa shape index (κ3) is 6.48. The Morgan fingerprint density at radius 2 is 2.00 bits per heavy atom. The lowest BCUT2D eigenvalue weighted by atomic mass is 10.1. The molecule has 108 valence electrons. The van der Waals surface area contributed by atoms with E-state index < -0.39 is 0 Å². The standard InChI is InChI=1S/C16H27NO2/c1-4-11-17-14(5-2)8-7-12-19-16-10-6-9-15(13-16)18-3/h6,9-10,13-14,17H,4-5,7-8,11-12H2,1-3H3. The van der Waals surface area contributed by atoms with Gasteiger partial charge in [0.1, 0.15) is 11.5 Å². The van der Waals surface area contributed by atoms with Crippen LogP contribution in [0.2, 0.25) is 0 Å². The molecule has 0 aliphatic carbocycles. The summed E-state index contributed by atoms with van der Waals surface area (Å²) < 4.78 is 10.9. The zero-order chi connectivity index (χ0) is 13.9. The Balaban J connectivity index is 2.21. The average molecular weight is 265 g/mol. The molecule has 0 aliphatic heterocycles. The lowest BCUT2D eigenvalue weighted by Crippen LogP contribution is -2.29. The summed E-state index contributed by atoms with van der Waals surface area (Å²) in [6.45, 7) is 6.30. The second-order valence-corrected chi connectivity index (χ2v) is 4.73. The van der Waals surface area contributed by atoms with Crippen LogP contribution in [-0.2, 0) is 0 Å². The topological polar surface area (TPSA) is 30.5 Å². The Morgan fingerprint density at radius 1 is 1.21 bits per heavy atom. The Hall–Kier alpha value is -1.22. The van der Waals surface area contributed by atoms with Gasteiger partial charge in [0.05, 0.1) is 13.7 Å². The third-order valence-electron chi connectivity index (χ3n) is 3.18. The summed E-state index contributed by atoms with van der Waals surface area (Å²) in [5.74, 6) is 1.72. The van der Waals surface area contributed by atoms with E-state index >= 15 is 0 Å². The molecule has 0 saturated carbocycles. The molecule has 0 aliphatic rings. The van der Waals surface area contributed by atoms with Crippen molar-refractivity contribution in [2.24, 2.45) is 0 Å². The molecule has 0 aromatic heterocycles. The van der Waals surface area contributed by atoms with Gasteiger partial charge in [-0.2, -0.15) is 0 Å². The van der Waals surface area contributed by atoms with Gasteiger partial charge in [0.2, 0.25) is 0 Å². The molecule has 3 heteroatoms. The second kappa shape index (κ2) is 9.68. The highest BCUT2D eigenvalue weighted by atomic mass is 16.5. The van der Waals surface area contributed by atoms with E-state index in [-0.39, 0.29) is 0 Å². The van der Waals surface area contributed by atoms with Crippen molar-refractivity contribution >= 4 is 0 Å². The van der Waals surface area contributed by atoms with Crippen LogP contribution in [0.5, 0.6) is 11.5 Å². The zero-order valence-electron chi connectivity index (χ0n) is 12.4. The van der Waals surface area contributed by atoms with Crippen molar-refractivity contribution in [2.75, 3.05) is 20.3 Å². The first-order valence-electron chi connectivity index (χ1n) is 7.30. The van der Waals surface area contributed by atoms with Crippen LogP contribution in [-0.4, -0.2) is 26.3 Å². The van der Waals surface area contributed by atoms with Crippen LogP contribution in [0.4, 0.5) is 0 Å². The summed E-state index contributed by atoms with van der Waals surface area (Å²) in [5.41, 5.74) is 0. The number of ether oxygens (including phenoxy) is 2. The molecule has 1 aromatic carbocycles. The van der Waals surface area contributed by atoms with Gasteiger partial charge in [-0.1, -0.05) is 19.9 Å². The van der Waals surface area contributed by atoms with Crippen molar-refractivity contribution in [1.82, 2.24) is 5.32 Å². The zero-order valence-corrected chi connectivity index (χ0v) is 12.4. The van der Waals surface area contributed by atoms with Gasteiger partial charge in [0.15, 0.2) is 0 Å². The van der Waals surface area contributed by atoms with E-state index in [2.05, 4.69) is 19.2 Å². The number of nitrogens with one attached hydrogen (secondary N) is 1. The molecule has 1 N–H and O–H groups in total. The van der Waals surface area contributed by atoms with Crippen LogP contribution in [0.1, 0.15) is 39.5 Å². The molecule has 0 spiro atoms. The van der Waals surface area contributed by atoms with Crippen LogP contribution in [0, 0.1) is 0 Å². The van der Waals surface area contributed by atoms with Crippen LogP contribution >= 0.6 is 0 Å². The van der Waals surface area contributed by atoms with E-state index in [1.807, 2.05) is 24.3 Å². The number of hydrogen-bond acceptors (Lipinski definition) is 3. The van der Waals surface area contributed by atoms with E-state index in [1.54, 1.807) is 7.11 Å². The van der Waals surface area contributed by atoms with E-state index in [9.17, 15) is 0 Å². The Kier molecular flexibility index (Phi) is 8.07. The maximum absolute atomic E-state index is 5.74. The Bertz CT molecular complexity index is 341. The highest BCUT2D eigenvalue weighted by molar-refractivity contribution is 5.32. The summed E-state index contributed by atoms with van der Waals surface area (Å²) in [6.07, 6.45) is 4.61. The van der Waals surface area contributed by atoms with Crippen molar-refractivity contribution in [3.8, 4) is 11.5 Å². The number of hydrogen-bond donors (Lipinski definition) is 1. The molecular formula is C16H27NO2. The summed E-state index contributed by atoms with van der Waals surface area (Å²) in [5, 5.41) is 3.56. The van der Waals surface area contributed by atoms with E-state index in [0.29, 0.717) is 6.04 Å². The minimum atomic E-state index is 0.619. The van der Waals surface area contributed by atoms with Crippen LogP contribution < -0.4 is 14.8 Å². The first-order chi connectivity index (χ1) is 9.30. The molecule has 0 amide bonds. The van der Waals surface area contributed by atoms with Gasteiger partial charge >= 0.3 is 0 Å².